The van der Waals surface area contributed by atoms with Gasteiger partial charge in [-0.1, -0.05) is 17.7 Å². The Morgan fingerprint density at radius 2 is 1.83 bits per heavy atom. The highest BCUT2D eigenvalue weighted by atomic mass is 35.5. The first-order valence-corrected chi connectivity index (χ1v) is 11.7. The molecule has 0 saturated heterocycles. The molecule has 182 valence electrons. The van der Waals surface area contributed by atoms with E-state index in [9.17, 15) is 14.7 Å². The Morgan fingerprint density at radius 3 is 2.58 bits per heavy atom. The summed E-state index contributed by atoms with van der Waals surface area (Å²) in [6.45, 7) is 0.308. The van der Waals surface area contributed by atoms with Crippen LogP contribution >= 0.6 is 11.6 Å². The van der Waals surface area contributed by atoms with Crippen molar-refractivity contribution in [2.45, 2.75) is 18.8 Å². The number of benzene rings is 3. The Hall–Kier alpha value is -4.10. The molecule has 0 saturated carbocycles. The van der Waals surface area contributed by atoms with Crippen molar-refractivity contribution in [3.63, 3.8) is 0 Å². The zero-order chi connectivity index (χ0) is 25.2. The smallest absolute Gasteiger partial charge is 0.311 e. The number of carboxylic acids is 1. The lowest BCUT2D eigenvalue weighted by atomic mass is 9.93. The number of aliphatic carboxylic acids is 1. The van der Waals surface area contributed by atoms with Gasteiger partial charge in [-0.2, -0.15) is 0 Å². The lowest BCUT2D eigenvalue weighted by Crippen LogP contribution is -2.20. The summed E-state index contributed by atoms with van der Waals surface area (Å²) in [6, 6.07) is 19.3. The second kappa shape index (κ2) is 9.87. The van der Waals surface area contributed by atoms with Crippen LogP contribution in [-0.2, 0) is 11.2 Å². The van der Waals surface area contributed by atoms with Gasteiger partial charge < -0.3 is 19.3 Å². The van der Waals surface area contributed by atoms with E-state index in [1.54, 1.807) is 43.5 Å². The number of aromatic nitrogens is 1. The molecule has 0 spiro atoms. The second-order valence-corrected chi connectivity index (χ2v) is 8.84. The van der Waals surface area contributed by atoms with Crippen LogP contribution in [0.4, 0.5) is 0 Å². The van der Waals surface area contributed by atoms with E-state index in [0.717, 1.165) is 16.7 Å². The van der Waals surface area contributed by atoms with Gasteiger partial charge in [0.1, 0.15) is 23.0 Å². The van der Waals surface area contributed by atoms with Crippen LogP contribution in [-0.4, -0.2) is 35.6 Å². The Bertz CT molecular complexity index is 1470. The third kappa shape index (κ3) is 4.83. The third-order valence-corrected chi connectivity index (χ3v) is 6.40. The molecule has 0 aliphatic carbocycles. The summed E-state index contributed by atoms with van der Waals surface area (Å²) in [7, 11) is 1.62. The van der Waals surface area contributed by atoms with Crippen LogP contribution in [0.25, 0.3) is 10.9 Å². The first-order valence-electron chi connectivity index (χ1n) is 11.3. The van der Waals surface area contributed by atoms with Gasteiger partial charge in [0.05, 0.1) is 36.6 Å². The molecule has 36 heavy (non-hydrogen) atoms. The maximum atomic E-state index is 12.8. The molecule has 0 radical (unpaired) electrons. The zero-order valence-corrected chi connectivity index (χ0v) is 20.1. The Morgan fingerprint density at radius 1 is 1.06 bits per heavy atom. The molecule has 1 N–H and O–H groups in total. The number of methoxy groups -OCH3 is 1. The minimum atomic E-state index is -0.913. The van der Waals surface area contributed by atoms with E-state index >= 15 is 0 Å². The summed E-state index contributed by atoms with van der Waals surface area (Å²) in [5.41, 5.74) is 2.54. The predicted octanol–water partition coefficient (Wildman–Crippen LogP) is 6.07. The van der Waals surface area contributed by atoms with Crippen LogP contribution < -0.4 is 14.2 Å². The summed E-state index contributed by atoms with van der Waals surface area (Å²) in [4.78, 5) is 28.9. The zero-order valence-electron chi connectivity index (χ0n) is 19.4. The number of carbonyl (C=O) groups is 2. The maximum absolute atomic E-state index is 12.8. The standard InChI is InChI=1S/C28H22ClNO6/c1-34-20-8-9-24-17(12-20)2-5-18(30-24)13-25(31)16-3-6-19(7-4-16)36-27-15-26-22(14-23(27)29)21(28(32)33)10-11-35-26/h2-9,12,14-15,21H,10-11,13H2,1H3,(H,32,33). The number of carbonyl (C=O) groups excluding carboxylic acids is 1. The summed E-state index contributed by atoms with van der Waals surface area (Å²) >= 11 is 6.37. The van der Waals surface area contributed by atoms with Gasteiger partial charge in [0.25, 0.3) is 0 Å². The van der Waals surface area contributed by atoms with E-state index in [0.29, 0.717) is 47.1 Å². The molecule has 2 heterocycles. The Labute approximate surface area is 212 Å². The molecule has 1 aliphatic heterocycles. The molecule has 3 aromatic carbocycles. The van der Waals surface area contributed by atoms with Crippen molar-refractivity contribution in [3.8, 4) is 23.0 Å². The van der Waals surface area contributed by atoms with Crippen molar-refractivity contribution in [2.24, 2.45) is 0 Å². The van der Waals surface area contributed by atoms with Crippen molar-refractivity contribution in [2.75, 3.05) is 13.7 Å². The van der Waals surface area contributed by atoms with Gasteiger partial charge in [0.15, 0.2) is 5.78 Å². The number of halogens is 1. The fourth-order valence-corrected chi connectivity index (χ4v) is 4.41. The average Bonchev–Trinajstić information content (AvgIpc) is 2.88. The molecule has 0 fully saturated rings. The molecule has 7 nitrogen and oxygen atoms in total. The van der Waals surface area contributed by atoms with Gasteiger partial charge in [-0.3, -0.25) is 14.6 Å². The van der Waals surface area contributed by atoms with E-state index < -0.39 is 11.9 Å². The number of hydrogen-bond acceptors (Lipinski definition) is 6. The van der Waals surface area contributed by atoms with Crippen molar-refractivity contribution in [3.05, 3.63) is 88.6 Å². The molecule has 4 aromatic rings. The number of pyridine rings is 1. The van der Waals surface area contributed by atoms with E-state index in [2.05, 4.69) is 4.98 Å². The SMILES string of the molecule is COc1ccc2nc(CC(=O)c3ccc(Oc4cc5c(cc4Cl)C(C(=O)O)CCO5)cc3)ccc2c1. The quantitative estimate of drug-likeness (QED) is 0.306. The molecule has 1 unspecified atom stereocenters. The lowest BCUT2D eigenvalue weighted by molar-refractivity contribution is -0.139. The molecule has 1 aliphatic rings. The summed E-state index contributed by atoms with van der Waals surface area (Å²) in [6.07, 6.45) is 0.554. The van der Waals surface area contributed by atoms with Gasteiger partial charge in [0.2, 0.25) is 0 Å². The van der Waals surface area contributed by atoms with Crippen LogP contribution in [0.2, 0.25) is 5.02 Å². The molecule has 0 bridgehead atoms. The van der Waals surface area contributed by atoms with E-state index in [-0.39, 0.29) is 17.2 Å². The van der Waals surface area contributed by atoms with Gasteiger partial charge in [-0.25, -0.2) is 0 Å². The van der Waals surface area contributed by atoms with Crippen LogP contribution in [0.15, 0.2) is 66.7 Å². The number of carboxylic acid groups (broad SMARTS) is 1. The van der Waals surface area contributed by atoms with E-state index in [1.807, 2.05) is 30.3 Å². The second-order valence-electron chi connectivity index (χ2n) is 8.44. The topological polar surface area (TPSA) is 95.0 Å². The molecular formula is C28H22ClNO6. The molecule has 1 aromatic heterocycles. The first-order chi connectivity index (χ1) is 17.4. The number of ketones is 1. The Kier molecular flexibility index (Phi) is 6.48. The maximum Gasteiger partial charge on any atom is 0.311 e. The predicted molar refractivity (Wildman–Crippen MR) is 135 cm³/mol. The largest absolute Gasteiger partial charge is 0.497 e. The first kappa shape index (κ1) is 23.6. The fourth-order valence-electron chi connectivity index (χ4n) is 4.20. The van der Waals surface area contributed by atoms with Crippen molar-refractivity contribution < 1.29 is 28.9 Å². The van der Waals surface area contributed by atoms with Crippen LogP contribution in [0, 0.1) is 0 Å². The monoisotopic (exact) mass is 503 g/mol. The number of hydrogen-bond donors (Lipinski definition) is 1. The van der Waals surface area contributed by atoms with Gasteiger partial charge in [-0.15, -0.1) is 0 Å². The van der Waals surface area contributed by atoms with Crippen molar-refractivity contribution >= 4 is 34.3 Å². The number of fused-ring (bicyclic) bond motifs is 2. The number of nitrogens with zero attached hydrogens (tertiary/aromatic N) is 1. The number of Topliss-reactive ketones (excluding diaryl/α,β-unsaturated/α-hetero) is 1. The fraction of sp³-hybridized carbons (Fsp3) is 0.179. The van der Waals surface area contributed by atoms with E-state index in [1.165, 1.54) is 0 Å². The summed E-state index contributed by atoms with van der Waals surface area (Å²) in [5, 5.41) is 10.7. The van der Waals surface area contributed by atoms with Crippen LogP contribution in [0.5, 0.6) is 23.0 Å². The van der Waals surface area contributed by atoms with Crippen molar-refractivity contribution in [1.82, 2.24) is 4.98 Å². The van der Waals surface area contributed by atoms with Gasteiger partial charge in [-0.05, 0) is 61.0 Å². The Balaban J connectivity index is 1.29. The van der Waals surface area contributed by atoms with Crippen LogP contribution in [0.3, 0.4) is 0 Å². The average molecular weight is 504 g/mol. The molecule has 8 heteroatoms. The van der Waals surface area contributed by atoms with Crippen molar-refractivity contribution in [1.29, 1.82) is 0 Å². The highest BCUT2D eigenvalue weighted by molar-refractivity contribution is 6.32. The molecule has 1 atom stereocenters. The third-order valence-electron chi connectivity index (χ3n) is 6.10. The summed E-state index contributed by atoms with van der Waals surface area (Å²) in [5.74, 6) is 0.385. The minimum Gasteiger partial charge on any atom is -0.497 e. The molecule has 0 amide bonds. The van der Waals surface area contributed by atoms with Gasteiger partial charge >= 0.3 is 5.97 Å². The number of ether oxygens (including phenoxy) is 3. The molecular weight excluding hydrogens is 482 g/mol. The minimum absolute atomic E-state index is 0.0677. The summed E-state index contributed by atoms with van der Waals surface area (Å²) < 4.78 is 16.8. The highest BCUT2D eigenvalue weighted by Crippen LogP contribution is 2.41. The normalized spacial score (nSPS) is 14.6. The van der Waals surface area contributed by atoms with E-state index in [4.69, 9.17) is 25.8 Å². The van der Waals surface area contributed by atoms with Gasteiger partial charge in [0, 0.05) is 28.3 Å². The lowest BCUT2D eigenvalue weighted by Gasteiger charge is -2.24. The molecule has 5 rings (SSSR count). The number of rotatable bonds is 7. The highest BCUT2D eigenvalue weighted by Gasteiger charge is 2.29. The van der Waals surface area contributed by atoms with Crippen LogP contribution in [0.1, 0.15) is 34.0 Å².